The standard InChI is InChI=1S/C32H21NO3S.C24H41NO2.C21H34O2/c1-2-3-4-5-6-7-8-9-10-11-12-13-15-19-29-20-18-21-31(28-29)36-37(34,35)32-24-22-30(23-25-32)33-26-16-14-17-27-33;1-4-7-8-9-10-11-12-13-14-15-20-27-24(26)23-18-16-22(17-19-23)21-25(5-2)6-3;1-3-4-5-6-7-8-9-10-11-12-13-14-19-15-17-20(18-16-19)21(22)23-2/h18,20-25,28H,14,16-17,26-27H2,1H3;16-19H,4-15,20-21H2,1-3H3;15-18H,3-14H2,1-2H3. The summed E-state index contributed by atoms with van der Waals surface area (Å²) in [5.41, 5.74) is 5.42. The van der Waals surface area contributed by atoms with Gasteiger partial charge in [0.15, 0.2) is 0 Å². The van der Waals surface area contributed by atoms with E-state index < -0.39 is 10.1 Å². The molecule has 9 nitrogen and oxygen atoms in total. The van der Waals surface area contributed by atoms with Gasteiger partial charge in [-0.25, -0.2) is 9.59 Å². The van der Waals surface area contributed by atoms with Crippen LogP contribution in [0.15, 0.2) is 102 Å². The van der Waals surface area contributed by atoms with Gasteiger partial charge in [0.2, 0.25) is 0 Å². The highest BCUT2D eigenvalue weighted by Crippen LogP contribution is 2.25. The first-order valence-corrected chi connectivity index (χ1v) is 33.5. The summed E-state index contributed by atoms with van der Waals surface area (Å²) in [5, 5.41) is 0. The van der Waals surface area contributed by atoms with Crippen LogP contribution in [0.2, 0.25) is 0 Å². The monoisotopic (exact) mass is 1190 g/mol. The van der Waals surface area contributed by atoms with Crippen LogP contribution in [-0.4, -0.2) is 65.2 Å². The fourth-order valence-electron chi connectivity index (χ4n) is 9.46. The zero-order chi connectivity index (χ0) is 62.7. The zero-order valence-electron chi connectivity index (χ0n) is 53.3. The molecule has 4 aromatic carbocycles. The lowest BCUT2D eigenvalue weighted by Gasteiger charge is -2.28. The topological polar surface area (TPSA) is 102 Å². The molecule has 0 amide bonds. The average molecular weight is 1190 g/mol. The van der Waals surface area contributed by atoms with Crippen molar-refractivity contribution in [2.45, 2.75) is 207 Å². The fraction of sp³-hybridized carbons (Fsp3) is 0.481. The normalized spacial score (nSPS) is 11.0. The lowest BCUT2D eigenvalue weighted by atomic mass is 10.0. The van der Waals surface area contributed by atoms with Gasteiger partial charge >= 0.3 is 22.1 Å². The fourth-order valence-corrected chi connectivity index (χ4v) is 10.4. The number of unbranched alkanes of at least 4 members (excludes halogenated alkanes) is 19. The summed E-state index contributed by atoms with van der Waals surface area (Å²) in [7, 11) is -2.56. The van der Waals surface area contributed by atoms with E-state index in [0.717, 1.165) is 70.5 Å². The second kappa shape index (κ2) is 48.4. The van der Waals surface area contributed by atoms with Gasteiger partial charge in [-0.2, -0.15) is 8.42 Å². The number of carbonyl (C=O) groups is 2. The molecule has 1 aliphatic heterocycles. The summed E-state index contributed by atoms with van der Waals surface area (Å²) < 4.78 is 40.9. The van der Waals surface area contributed by atoms with Crippen LogP contribution in [-0.2, 0) is 32.6 Å². The van der Waals surface area contributed by atoms with Crippen LogP contribution in [0.5, 0.6) is 5.75 Å². The van der Waals surface area contributed by atoms with Crippen LogP contribution < -0.4 is 9.08 Å². The number of carbonyl (C=O) groups excluding carboxylic acids is 2. The van der Waals surface area contributed by atoms with Crippen molar-refractivity contribution in [3.63, 3.8) is 0 Å². The number of anilines is 1. The third-order valence-corrected chi connectivity index (χ3v) is 15.8. The van der Waals surface area contributed by atoms with E-state index in [1.54, 1.807) is 43.3 Å². The Morgan fingerprint density at radius 2 is 0.966 bits per heavy atom. The zero-order valence-corrected chi connectivity index (χ0v) is 54.1. The molecule has 87 heavy (non-hydrogen) atoms. The molecule has 0 saturated carbocycles. The number of esters is 2. The number of ether oxygens (including phenoxy) is 2. The Labute approximate surface area is 526 Å². The van der Waals surface area contributed by atoms with E-state index in [2.05, 4.69) is 120 Å². The summed E-state index contributed by atoms with van der Waals surface area (Å²) in [6, 6.07) is 29.0. The Kier molecular flexibility index (Phi) is 40.9. The van der Waals surface area contributed by atoms with Crippen molar-refractivity contribution in [1.29, 1.82) is 0 Å². The third-order valence-electron chi connectivity index (χ3n) is 14.6. The summed E-state index contributed by atoms with van der Waals surface area (Å²) in [5.74, 6) is 35.9. The Bertz CT molecular complexity index is 3160. The number of benzene rings is 4. The number of nitrogens with zero attached hydrogens (tertiary/aromatic N) is 2. The van der Waals surface area contributed by atoms with E-state index in [-0.39, 0.29) is 22.6 Å². The van der Waals surface area contributed by atoms with Gasteiger partial charge in [0.1, 0.15) is 10.6 Å². The Balaban J connectivity index is 0.000000354. The number of piperidine rings is 1. The quantitative estimate of drug-likeness (QED) is 0.0200. The molecule has 4 aromatic rings. The van der Waals surface area contributed by atoms with E-state index in [9.17, 15) is 18.0 Å². The highest BCUT2D eigenvalue weighted by Gasteiger charge is 2.19. The molecule has 0 spiro atoms. The van der Waals surface area contributed by atoms with Gasteiger partial charge in [-0.3, -0.25) is 4.90 Å². The summed E-state index contributed by atoms with van der Waals surface area (Å²) in [6.07, 6.45) is 32.7. The molecule has 1 saturated heterocycles. The number of hydrogen-bond donors (Lipinski definition) is 0. The summed E-state index contributed by atoms with van der Waals surface area (Å²) >= 11 is 0. The maximum absolute atomic E-state index is 12.7. The lowest BCUT2D eigenvalue weighted by molar-refractivity contribution is 0.0496. The summed E-state index contributed by atoms with van der Waals surface area (Å²) in [6.45, 7) is 16.1. The molecule has 0 radical (unpaired) electrons. The first-order chi connectivity index (χ1) is 42.6. The Morgan fingerprint density at radius 1 is 0.506 bits per heavy atom. The molecule has 0 atom stereocenters. The number of aryl methyl sites for hydroxylation is 1. The van der Waals surface area contributed by atoms with Crippen LogP contribution in [0.1, 0.15) is 226 Å². The van der Waals surface area contributed by atoms with Crippen molar-refractivity contribution in [2.75, 3.05) is 44.8 Å². The third kappa shape index (κ3) is 34.9. The molecule has 5 rings (SSSR count). The van der Waals surface area contributed by atoms with E-state index in [1.165, 1.54) is 147 Å². The van der Waals surface area contributed by atoms with Crippen molar-refractivity contribution in [3.05, 3.63) is 125 Å². The van der Waals surface area contributed by atoms with Gasteiger partial charge in [-0.05, 0) is 207 Å². The van der Waals surface area contributed by atoms with E-state index in [4.69, 9.17) is 13.7 Å². The molecular formula is C77H96N2O7S. The van der Waals surface area contributed by atoms with Gasteiger partial charge in [0.05, 0.1) is 24.8 Å². The van der Waals surface area contributed by atoms with Crippen LogP contribution in [0.3, 0.4) is 0 Å². The minimum absolute atomic E-state index is 0.0991. The molecule has 0 unspecified atom stereocenters. The molecule has 0 aromatic heterocycles. The highest BCUT2D eigenvalue weighted by molar-refractivity contribution is 7.87. The first kappa shape index (κ1) is 73.5. The van der Waals surface area contributed by atoms with Crippen LogP contribution >= 0.6 is 0 Å². The smallest absolute Gasteiger partial charge is 0.339 e. The van der Waals surface area contributed by atoms with Crippen molar-refractivity contribution >= 4 is 27.7 Å². The SMILES string of the molecule is CC#CC#CC#CC#CC#CC#CC#Cc1cccc(OS(=O)(=O)c2ccc(N3CCCCC3)cc2)c1.CCCCCCCCCCCCCc1ccc(C(=O)OC)cc1.CCCCCCCCCCCCOC(=O)c1ccc(CN(CC)CC)cc1. The number of rotatable bonds is 33. The van der Waals surface area contributed by atoms with Gasteiger partial charge in [-0.1, -0.05) is 192 Å². The highest BCUT2D eigenvalue weighted by atomic mass is 32.2. The van der Waals surface area contributed by atoms with Gasteiger partial charge in [0.25, 0.3) is 0 Å². The molecule has 1 heterocycles. The minimum Gasteiger partial charge on any atom is -0.465 e. The molecule has 462 valence electrons. The lowest BCUT2D eigenvalue weighted by Crippen LogP contribution is -2.29. The second-order valence-electron chi connectivity index (χ2n) is 21.4. The molecule has 0 N–H and O–H groups in total. The molecular weight excluding hydrogens is 1100 g/mol. The molecule has 1 fully saturated rings. The van der Waals surface area contributed by atoms with E-state index >= 15 is 0 Å². The average Bonchev–Trinajstić information content (AvgIpc) is 2.36. The predicted octanol–water partition coefficient (Wildman–Crippen LogP) is 16.8. The van der Waals surface area contributed by atoms with Crippen LogP contribution in [0.4, 0.5) is 5.69 Å². The number of methoxy groups -OCH3 is 1. The van der Waals surface area contributed by atoms with Crippen LogP contribution in [0.25, 0.3) is 0 Å². The van der Waals surface area contributed by atoms with Gasteiger partial charge < -0.3 is 18.6 Å². The molecule has 1 aliphatic rings. The number of hydrogen-bond acceptors (Lipinski definition) is 9. The summed E-state index contributed by atoms with van der Waals surface area (Å²) in [4.78, 5) is 28.2. The minimum atomic E-state index is -3.97. The van der Waals surface area contributed by atoms with E-state index in [1.807, 2.05) is 60.7 Å². The van der Waals surface area contributed by atoms with Gasteiger partial charge in [-0.15, -0.1) is 0 Å². The van der Waals surface area contributed by atoms with Gasteiger partial charge in [0, 0.05) is 30.9 Å². The second-order valence-corrected chi connectivity index (χ2v) is 23.0. The first-order valence-electron chi connectivity index (χ1n) is 32.0. The van der Waals surface area contributed by atoms with E-state index in [0.29, 0.717) is 23.3 Å². The van der Waals surface area contributed by atoms with Crippen molar-refractivity contribution in [2.24, 2.45) is 0 Å². The largest absolute Gasteiger partial charge is 0.465 e. The van der Waals surface area contributed by atoms with Crippen molar-refractivity contribution in [3.8, 4) is 88.6 Å². The Hall–Kier alpha value is -7.75. The molecule has 0 bridgehead atoms. The maximum atomic E-state index is 12.7. The molecule has 0 aliphatic carbocycles. The predicted molar refractivity (Wildman–Crippen MR) is 359 cm³/mol. The Morgan fingerprint density at radius 3 is 1.46 bits per heavy atom. The van der Waals surface area contributed by atoms with Crippen molar-refractivity contribution in [1.82, 2.24) is 4.90 Å². The van der Waals surface area contributed by atoms with Crippen LogP contribution in [0, 0.1) is 82.9 Å². The maximum Gasteiger partial charge on any atom is 0.339 e. The van der Waals surface area contributed by atoms with Crippen molar-refractivity contribution < 1.29 is 31.7 Å². The molecule has 10 heteroatoms.